The highest BCUT2D eigenvalue weighted by Crippen LogP contribution is 2.37. The van der Waals surface area contributed by atoms with E-state index in [9.17, 15) is 0 Å². The van der Waals surface area contributed by atoms with E-state index in [1.165, 1.54) is 22.4 Å². The van der Waals surface area contributed by atoms with E-state index in [0.717, 1.165) is 41.8 Å². The van der Waals surface area contributed by atoms with Gasteiger partial charge in [0, 0.05) is 16.8 Å². The summed E-state index contributed by atoms with van der Waals surface area (Å²) in [7, 11) is 0. The van der Waals surface area contributed by atoms with Crippen molar-refractivity contribution in [2.24, 2.45) is 0 Å². The number of anilines is 1. The smallest absolute Gasteiger partial charge is 0.227 e. The summed E-state index contributed by atoms with van der Waals surface area (Å²) in [5.74, 6) is 1.51. The highest BCUT2D eigenvalue weighted by Gasteiger charge is 2.24. The predicted octanol–water partition coefficient (Wildman–Crippen LogP) is 8.28. The molecule has 4 aromatic rings. The van der Waals surface area contributed by atoms with Crippen molar-refractivity contribution >= 4 is 5.69 Å². The third kappa shape index (κ3) is 4.77. The predicted molar refractivity (Wildman–Crippen MR) is 134 cm³/mol. The van der Waals surface area contributed by atoms with Crippen LogP contribution in [0.4, 0.5) is 5.69 Å². The van der Waals surface area contributed by atoms with Gasteiger partial charge >= 0.3 is 0 Å². The molecule has 0 radical (unpaired) electrons. The van der Waals surface area contributed by atoms with Crippen LogP contribution in [-0.2, 0) is 0 Å². The summed E-state index contributed by atoms with van der Waals surface area (Å²) < 4.78 is 6.41. The van der Waals surface area contributed by atoms with Gasteiger partial charge in [0.1, 0.15) is 5.69 Å². The Morgan fingerprint density at radius 3 is 2.03 bits per heavy atom. The number of aryl methyl sites for hydroxylation is 3. The molecule has 1 atom stereocenters. The zero-order valence-electron chi connectivity index (χ0n) is 19.5. The quantitative estimate of drug-likeness (QED) is 0.309. The molecule has 0 spiro atoms. The molecule has 1 N–H and O–H groups in total. The molecule has 0 saturated heterocycles. The average molecular weight is 425 g/mol. The van der Waals surface area contributed by atoms with Gasteiger partial charge in [-0.15, -0.1) is 0 Å². The Morgan fingerprint density at radius 2 is 1.44 bits per heavy atom. The van der Waals surface area contributed by atoms with Gasteiger partial charge in [0.2, 0.25) is 5.89 Å². The molecule has 0 aliphatic heterocycles. The van der Waals surface area contributed by atoms with E-state index in [4.69, 9.17) is 9.40 Å². The highest BCUT2D eigenvalue weighted by molar-refractivity contribution is 5.66. The lowest BCUT2D eigenvalue weighted by molar-refractivity contribution is 0.580. The van der Waals surface area contributed by atoms with Crippen molar-refractivity contribution in [3.05, 3.63) is 95.2 Å². The van der Waals surface area contributed by atoms with Crippen LogP contribution in [0.1, 0.15) is 54.6 Å². The minimum atomic E-state index is 0.0616. The number of hydrogen-bond donors (Lipinski definition) is 1. The van der Waals surface area contributed by atoms with Crippen molar-refractivity contribution in [3.8, 4) is 22.8 Å². The van der Waals surface area contributed by atoms with E-state index in [1.54, 1.807) is 0 Å². The largest absolute Gasteiger partial charge is 0.436 e. The number of oxazole rings is 1. The molecule has 1 aromatic heterocycles. The van der Waals surface area contributed by atoms with E-state index in [1.807, 2.05) is 48.5 Å². The minimum absolute atomic E-state index is 0.0616. The number of nitrogens with one attached hydrogen (secondary N) is 1. The van der Waals surface area contributed by atoms with Crippen LogP contribution in [0.15, 0.2) is 77.2 Å². The molecule has 32 heavy (non-hydrogen) atoms. The summed E-state index contributed by atoms with van der Waals surface area (Å²) in [6, 6.07) is 25.0. The number of nitrogens with zero attached hydrogens (tertiary/aromatic N) is 1. The first-order valence-electron chi connectivity index (χ1n) is 11.5. The van der Waals surface area contributed by atoms with Gasteiger partial charge in [0.15, 0.2) is 5.76 Å². The van der Waals surface area contributed by atoms with Crippen LogP contribution in [0.5, 0.6) is 0 Å². The normalized spacial score (nSPS) is 12.0. The fourth-order valence-corrected chi connectivity index (χ4v) is 4.34. The number of hydrogen-bond acceptors (Lipinski definition) is 3. The molecular weight excluding hydrogens is 392 g/mol. The molecule has 3 heteroatoms. The fraction of sp³-hybridized carbons (Fsp3) is 0.276. The lowest BCUT2D eigenvalue weighted by Gasteiger charge is -2.22. The summed E-state index contributed by atoms with van der Waals surface area (Å²) in [5.41, 5.74) is 8.02. The Labute approximate surface area is 191 Å². The van der Waals surface area contributed by atoms with Crippen LogP contribution in [0.3, 0.4) is 0 Å². The lowest BCUT2D eigenvalue weighted by Crippen LogP contribution is -2.14. The Morgan fingerprint density at radius 1 is 0.844 bits per heavy atom. The summed E-state index contributed by atoms with van der Waals surface area (Å²) in [4.78, 5) is 5.05. The molecule has 0 amide bonds. The number of unbranched alkanes of at least 4 members (excludes halogenated alkanes) is 1. The average Bonchev–Trinajstić information content (AvgIpc) is 3.25. The fourth-order valence-electron chi connectivity index (χ4n) is 4.34. The molecule has 3 nitrogen and oxygen atoms in total. The van der Waals surface area contributed by atoms with Gasteiger partial charge < -0.3 is 9.73 Å². The maximum Gasteiger partial charge on any atom is 0.227 e. The van der Waals surface area contributed by atoms with Crippen molar-refractivity contribution in [1.29, 1.82) is 0 Å². The Hall–Kier alpha value is -3.33. The maximum atomic E-state index is 6.41. The zero-order valence-corrected chi connectivity index (χ0v) is 19.5. The van der Waals surface area contributed by atoms with Gasteiger partial charge in [-0.1, -0.05) is 86.0 Å². The van der Waals surface area contributed by atoms with E-state index in [2.05, 4.69) is 57.3 Å². The first-order valence-corrected chi connectivity index (χ1v) is 11.5. The molecule has 0 aliphatic rings. The highest BCUT2D eigenvalue weighted by atomic mass is 16.4. The lowest BCUT2D eigenvalue weighted by atomic mass is 9.99. The van der Waals surface area contributed by atoms with Gasteiger partial charge in [-0.2, -0.15) is 0 Å². The Balaban J connectivity index is 1.82. The van der Waals surface area contributed by atoms with E-state index in [0.29, 0.717) is 5.89 Å². The molecule has 0 fully saturated rings. The number of rotatable bonds is 8. The molecule has 0 bridgehead atoms. The molecular formula is C29H32N2O. The van der Waals surface area contributed by atoms with Crippen LogP contribution >= 0.6 is 0 Å². The maximum absolute atomic E-state index is 6.41. The monoisotopic (exact) mass is 424 g/mol. The van der Waals surface area contributed by atoms with E-state index in [-0.39, 0.29) is 6.04 Å². The second-order valence-electron chi connectivity index (χ2n) is 8.58. The van der Waals surface area contributed by atoms with Gasteiger partial charge in [0.05, 0.1) is 6.04 Å². The number of aromatic nitrogens is 1. The first kappa shape index (κ1) is 21.9. The third-order valence-electron chi connectivity index (χ3n) is 5.88. The molecule has 3 aromatic carbocycles. The van der Waals surface area contributed by atoms with Crippen molar-refractivity contribution < 1.29 is 4.42 Å². The van der Waals surface area contributed by atoms with Crippen LogP contribution < -0.4 is 5.32 Å². The molecule has 0 aliphatic carbocycles. The zero-order chi connectivity index (χ0) is 22.5. The summed E-state index contributed by atoms with van der Waals surface area (Å²) in [6.45, 7) is 8.73. The Kier molecular flexibility index (Phi) is 6.75. The van der Waals surface area contributed by atoms with E-state index >= 15 is 0 Å². The standard InChI is InChI=1S/C29H32N2O/c1-5-6-17-25(30-26-21(3)18-20(2)19-22(26)4)27-28(23-13-9-7-10-14-23)32-29(31-27)24-15-11-8-12-16-24/h7-16,18-19,25,30H,5-6,17H2,1-4H3. The molecule has 164 valence electrons. The topological polar surface area (TPSA) is 38.1 Å². The first-order chi connectivity index (χ1) is 15.6. The van der Waals surface area contributed by atoms with Crippen molar-refractivity contribution in [2.45, 2.75) is 53.0 Å². The molecule has 0 saturated carbocycles. The second kappa shape index (κ2) is 9.86. The van der Waals surface area contributed by atoms with Gasteiger partial charge in [-0.3, -0.25) is 0 Å². The molecule has 1 heterocycles. The molecule has 1 unspecified atom stereocenters. The second-order valence-corrected chi connectivity index (χ2v) is 8.58. The third-order valence-corrected chi connectivity index (χ3v) is 5.88. The van der Waals surface area contributed by atoms with Crippen molar-refractivity contribution in [2.75, 3.05) is 5.32 Å². The van der Waals surface area contributed by atoms with Gasteiger partial charge in [0.25, 0.3) is 0 Å². The van der Waals surface area contributed by atoms with Crippen molar-refractivity contribution in [3.63, 3.8) is 0 Å². The van der Waals surface area contributed by atoms with Crippen LogP contribution in [0, 0.1) is 20.8 Å². The summed E-state index contributed by atoms with van der Waals surface area (Å²) >= 11 is 0. The van der Waals surface area contributed by atoms with Crippen LogP contribution in [-0.4, -0.2) is 4.98 Å². The van der Waals surface area contributed by atoms with Crippen molar-refractivity contribution in [1.82, 2.24) is 4.98 Å². The summed E-state index contributed by atoms with van der Waals surface area (Å²) in [5, 5.41) is 3.85. The Bertz CT molecular complexity index is 1140. The minimum Gasteiger partial charge on any atom is -0.436 e. The van der Waals surface area contributed by atoms with Crippen LogP contribution in [0.25, 0.3) is 22.8 Å². The van der Waals surface area contributed by atoms with E-state index < -0.39 is 0 Å². The summed E-state index contributed by atoms with van der Waals surface area (Å²) in [6.07, 6.45) is 3.24. The van der Waals surface area contributed by atoms with Gasteiger partial charge in [-0.05, 0) is 50.5 Å². The molecule has 4 rings (SSSR count). The number of benzene rings is 3. The van der Waals surface area contributed by atoms with Gasteiger partial charge in [-0.25, -0.2) is 4.98 Å². The van der Waals surface area contributed by atoms with Crippen LogP contribution in [0.2, 0.25) is 0 Å². The SMILES string of the molecule is CCCCC(Nc1c(C)cc(C)cc1C)c1nc(-c2ccccc2)oc1-c1ccccc1.